The summed E-state index contributed by atoms with van der Waals surface area (Å²) in [4.78, 5) is 8.69. The lowest BCUT2D eigenvalue weighted by Gasteiger charge is -2.10. The first-order valence-electron chi connectivity index (χ1n) is 6.72. The van der Waals surface area contributed by atoms with Crippen LogP contribution in [0.25, 0.3) is 10.9 Å². The first-order valence-corrected chi connectivity index (χ1v) is 6.72. The Morgan fingerprint density at radius 3 is 2.86 bits per heavy atom. The summed E-state index contributed by atoms with van der Waals surface area (Å²) in [6.45, 7) is 3.50. The number of hydrogen-bond acceptors (Lipinski definition) is 6. The monoisotopic (exact) mass is 283 g/mol. The van der Waals surface area contributed by atoms with E-state index in [1.165, 1.54) is 0 Å². The zero-order valence-corrected chi connectivity index (χ0v) is 11.7. The number of hydrazine groups is 1. The van der Waals surface area contributed by atoms with Gasteiger partial charge in [0.25, 0.3) is 0 Å². The molecule has 2 aromatic heterocycles. The van der Waals surface area contributed by atoms with Crippen molar-refractivity contribution in [1.29, 1.82) is 0 Å². The highest BCUT2D eigenvalue weighted by Crippen LogP contribution is 2.21. The fourth-order valence-electron chi connectivity index (χ4n) is 2.15. The van der Waals surface area contributed by atoms with E-state index < -0.39 is 0 Å². The molecule has 0 unspecified atom stereocenters. The summed E-state index contributed by atoms with van der Waals surface area (Å²) in [5.41, 5.74) is 4.49. The predicted molar refractivity (Wildman–Crippen MR) is 82.8 cm³/mol. The van der Waals surface area contributed by atoms with E-state index in [1.54, 1.807) is 0 Å². The molecule has 7 heteroatoms. The normalized spacial score (nSPS) is 10.8. The molecule has 0 bridgehead atoms. The Morgan fingerprint density at radius 1 is 1.24 bits per heavy atom. The van der Waals surface area contributed by atoms with Crippen LogP contribution in [0.3, 0.4) is 0 Å². The van der Waals surface area contributed by atoms with Crippen LogP contribution in [0.4, 0.5) is 11.8 Å². The van der Waals surface area contributed by atoms with Crippen LogP contribution in [-0.4, -0.2) is 26.3 Å². The molecule has 0 aliphatic carbocycles. The quantitative estimate of drug-likeness (QED) is 0.485. The molecule has 108 valence electrons. The van der Waals surface area contributed by atoms with Gasteiger partial charge in [-0.1, -0.05) is 12.1 Å². The number of benzene rings is 1. The third-order valence-electron chi connectivity index (χ3n) is 3.13. The van der Waals surface area contributed by atoms with Gasteiger partial charge in [0, 0.05) is 18.1 Å². The molecule has 0 aliphatic heterocycles. The maximum Gasteiger partial charge on any atom is 0.239 e. The SMILES string of the molecule is Cc1cnn(CCNc2nc(NN)nc3ccccc23)c1. The first kappa shape index (κ1) is 13.3. The molecule has 0 aliphatic rings. The number of fused-ring (bicyclic) bond motifs is 1. The number of nitrogens with one attached hydrogen (secondary N) is 2. The first-order chi connectivity index (χ1) is 10.3. The molecule has 0 radical (unpaired) electrons. The molecule has 0 spiro atoms. The summed E-state index contributed by atoms with van der Waals surface area (Å²) in [6, 6.07) is 7.81. The second-order valence-corrected chi connectivity index (χ2v) is 4.76. The summed E-state index contributed by atoms with van der Waals surface area (Å²) >= 11 is 0. The zero-order chi connectivity index (χ0) is 14.7. The molecular weight excluding hydrogens is 266 g/mol. The van der Waals surface area contributed by atoms with Gasteiger partial charge < -0.3 is 5.32 Å². The van der Waals surface area contributed by atoms with Crippen molar-refractivity contribution in [2.45, 2.75) is 13.5 Å². The van der Waals surface area contributed by atoms with Gasteiger partial charge in [-0.25, -0.2) is 10.8 Å². The van der Waals surface area contributed by atoms with E-state index in [9.17, 15) is 0 Å². The number of anilines is 2. The minimum atomic E-state index is 0.395. The third-order valence-corrected chi connectivity index (χ3v) is 3.13. The number of nitrogen functional groups attached to an aromatic ring is 1. The van der Waals surface area contributed by atoms with Gasteiger partial charge in [0.15, 0.2) is 0 Å². The van der Waals surface area contributed by atoms with Gasteiger partial charge >= 0.3 is 0 Å². The summed E-state index contributed by atoms with van der Waals surface area (Å²) in [5.74, 6) is 6.57. The topological polar surface area (TPSA) is 93.7 Å². The Balaban J connectivity index is 1.79. The summed E-state index contributed by atoms with van der Waals surface area (Å²) in [6.07, 6.45) is 3.85. The van der Waals surface area contributed by atoms with E-state index in [-0.39, 0.29) is 0 Å². The number of aryl methyl sites for hydroxylation is 1. The molecule has 0 saturated carbocycles. The Bertz CT molecular complexity index is 750. The number of nitrogens with two attached hydrogens (primary N) is 1. The molecule has 4 N–H and O–H groups in total. The highest BCUT2D eigenvalue weighted by molar-refractivity contribution is 5.89. The number of para-hydroxylation sites is 1. The molecular formula is C14H17N7. The van der Waals surface area contributed by atoms with E-state index >= 15 is 0 Å². The highest BCUT2D eigenvalue weighted by atomic mass is 15.3. The molecule has 2 heterocycles. The van der Waals surface area contributed by atoms with Crippen LogP contribution in [0.15, 0.2) is 36.7 Å². The van der Waals surface area contributed by atoms with Gasteiger partial charge in [0.2, 0.25) is 5.95 Å². The van der Waals surface area contributed by atoms with Crippen LogP contribution < -0.4 is 16.6 Å². The summed E-state index contributed by atoms with van der Waals surface area (Å²) in [5, 5.41) is 8.53. The lowest BCUT2D eigenvalue weighted by Crippen LogP contribution is -2.15. The van der Waals surface area contributed by atoms with E-state index in [4.69, 9.17) is 5.84 Å². The van der Waals surface area contributed by atoms with Crippen molar-refractivity contribution in [2.24, 2.45) is 5.84 Å². The van der Waals surface area contributed by atoms with Crippen LogP contribution in [-0.2, 0) is 6.54 Å². The molecule has 7 nitrogen and oxygen atoms in total. The second kappa shape index (κ2) is 5.76. The van der Waals surface area contributed by atoms with Crippen molar-refractivity contribution in [1.82, 2.24) is 19.7 Å². The maximum atomic E-state index is 5.42. The molecule has 0 amide bonds. The number of aromatic nitrogens is 4. The lowest BCUT2D eigenvalue weighted by atomic mass is 10.2. The van der Waals surface area contributed by atoms with Crippen LogP contribution in [0.1, 0.15) is 5.56 Å². The maximum absolute atomic E-state index is 5.42. The van der Waals surface area contributed by atoms with Gasteiger partial charge in [-0.3, -0.25) is 10.1 Å². The van der Waals surface area contributed by atoms with E-state index in [0.29, 0.717) is 12.5 Å². The average molecular weight is 283 g/mol. The fourth-order valence-corrected chi connectivity index (χ4v) is 2.15. The molecule has 0 atom stereocenters. The zero-order valence-electron chi connectivity index (χ0n) is 11.7. The van der Waals surface area contributed by atoms with Gasteiger partial charge in [-0.2, -0.15) is 10.1 Å². The Kier molecular flexibility index (Phi) is 3.65. The third kappa shape index (κ3) is 2.92. The van der Waals surface area contributed by atoms with Crippen LogP contribution in [0, 0.1) is 6.92 Å². The lowest BCUT2D eigenvalue weighted by molar-refractivity contribution is 0.637. The molecule has 3 rings (SSSR count). The molecule has 3 aromatic rings. The number of hydrogen-bond donors (Lipinski definition) is 3. The van der Waals surface area contributed by atoms with Crippen molar-refractivity contribution in [3.8, 4) is 0 Å². The minimum absolute atomic E-state index is 0.395. The standard InChI is InChI=1S/C14H17N7/c1-10-8-17-21(9-10)7-6-16-13-11-4-2-3-5-12(11)18-14(19-13)20-15/h2-5,8-9H,6-7,15H2,1H3,(H2,16,18,19,20). The smallest absolute Gasteiger partial charge is 0.239 e. The molecule has 0 fully saturated rings. The van der Waals surface area contributed by atoms with E-state index in [1.807, 2.05) is 48.3 Å². The second-order valence-electron chi connectivity index (χ2n) is 4.76. The van der Waals surface area contributed by atoms with Gasteiger partial charge in [0.1, 0.15) is 5.82 Å². The molecule has 21 heavy (non-hydrogen) atoms. The van der Waals surface area contributed by atoms with Crippen molar-refractivity contribution in [3.05, 3.63) is 42.2 Å². The molecule has 1 aromatic carbocycles. The Hall–Kier alpha value is -2.67. The van der Waals surface area contributed by atoms with Gasteiger partial charge in [0.05, 0.1) is 18.3 Å². The van der Waals surface area contributed by atoms with E-state index in [2.05, 4.69) is 25.8 Å². The van der Waals surface area contributed by atoms with Gasteiger partial charge in [-0.15, -0.1) is 0 Å². The number of nitrogens with zero attached hydrogens (tertiary/aromatic N) is 4. The highest BCUT2D eigenvalue weighted by Gasteiger charge is 2.06. The van der Waals surface area contributed by atoms with Crippen LogP contribution in [0.5, 0.6) is 0 Å². The van der Waals surface area contributed by atoms with Crippen molar-refractivity contribution in [2.75, 3.05) is 17.3 Å². The van der Waals surface area contributed by atoms with Crippen LogP contribution in [0.2, 0.25) is 0 Å². The Labute approximate surface area is 122 Å². The van der Waals surface area contributed by atoms with Crippen molar-refractivity contribution < 1.29 is 0 Å². The largest absolute Gasteiger partial charge is 0.368 e. The van der Waals surface area contributed by atoms with E-state index in [0.717, 1.165) is 28.8 Å². The fraction of sp³-hybridized carbons (Fsp3) is 0.214. The summed E-state index contributed by atoms with van der Waals surface area (Å²) < 4.78 is 1.90. The number of rotatable bonds is 5. The molecule has 0 saturated heterocycles. The average Bonchev–Trinajstić information content (AvgIpc) is 2.92. The van der Waals surface area contributed by atoms with Gasteiger partial charge in [-0.05, 0) is 24.6 Å². The van der Waals surface area contributed by atoms with Crippen LogP contribution >= 0.6 is 0 Å². The minimum Gasteiger partial charge on any atom is -0.368 e. The predicted octanol–water partition coefficient (Wildman–Crippen LogP) is 1.53. The summed E-state index contributed by atoms with van der Waals surface area (Å²) in [7, 11) is 0. The van der Waals surface area contributed by atoms with Crippen molar-refractivity contribution in [3.63, 3.8) is 0 Å². The van der Waals surface area contributed by atoms with Crippen molar-refractivity contribution >= 4 is 22.7 Å². The Morgan fingerprint density at radius 2 is 2.10 bits per heavy atom.